The van der Waals surface area contributed by atoms with Crippen LogP contribution in [0, 0.1) is 0 Å². The summed E-state index contributed by atoms with van der Waals surface area (Å²) in [5.74, 6) is 0.00720. The zero-order valence-electron chi connectivity index (χ0n) is 18.8. The molecule has 34 heavy (non-hydrogen) atoms. The normalized spacial score (nSPS) is 12.9. The first-order valence-electron chi connectivity index (χ1n) is 11.3. The van der Waals surface area contributed by atoms with Gasteiger partial charge in [-0.3, -0.25) is 19.0 Å². The monoisotopic (exact) mass is 472 g/mol. The van der Waals surface area contributed by atoms with Crippen LogP contribution < -0.4 is 16.2 Å². The van der Waals surface area contributed by atoms with E-state index in [1.165, 1.54) is 16.4 Å². The van der Waals surface area contributed by atoms with Crippen LogP contribution in [-0.2, 0) is 29.0 Å². The second-order valence-electron chi connectivity index (χ2n) is 8.39. The number of nitrogens with one attached hydrogen (secondary N) is 2. The van der Waals surface area contributed by atoms with Crippen molar-refractivity contribution >= 4 is 44.7 Å². The summed E-state index contributed by atoms with van der Waals surface area (Å²) in [5.41, 5.74) is 2.95. The third kappa shape index (κ3) is 4.36. The van der Waals surface area contributed by atoms with Gasteiger partial charge in [0.05, 0.1) is 5.39 Å². The topological polar surface area (TPSA) is 93.1 Å². The maximum absolute atomic E-state index is 13.7. The molecule has 0 saturated carbocycles. The molecule has 0 radical (unpaired) electrons. The van der Waals surface area contributed by atoms with Crippen LogP contribution in [0.5, 0.6) is 0 Å². The first-order valence-corrected chi connectivity index (χ1v) is 12.1. The number of anilines is 2. The van der Waals surface area contributed by atoms with Gasteiger partial charge in [0.15, 0.2) is 0 Å². The van der Waals surface area contributed by atoms with Gasteiger partial charge in [0.25, 0.3) is 5.56 Å². The first kappa shape index (κ1) is 22.0. The van der Waals surface area contributed by atoms with Crippen molar-refractivity contribution in [1.29, 1.82) is 0 Å². The molecule has 0 unspecified atom stereocenters. The van der Waals surface area contributed by atoms with Crippen LogP contribution in [0.3, 0.4) is 0 Å². The van der Waals surface area contributed by atoms with E-state index in [1.54, 1.807) is 35.6 Å². The predicted octanol–water partition coefficient (Wildman–Crippen LogP) is 4.60. The average molecular weight is 473 g/mol. The summed E-state index contributed by atoms with van der Waals surface area (Å²) in [6.07, 6.45) is 4.05. The summed E-state index contributed by atoms with van der Waals surface area (Å²) in [5, 5.41) is 6.20. The van der Waals surface area contributed by atoms with Crippen LogP contribution in [0.15, 0.2) is 59.4 Å². The van der Waals surface area contributed by atoms with Crippen molar-refractivity contribution < 1.29 is 9.59 Å². The average Bonchev–Trinajstić information content (AvgIpc) is 3.21. The molecule has 0 bridgehead atoms. The quantitative estimate of drug-likeness (QED) is 0.444. The predicted molar refractivity (Wildman–Crippen MR) is 135 cm³/mol. The second kappa shape index (κ2) is 9.23. The van der Waals surface area contributed by atoms with Crippen molar-refractivity contribution in [2.45, 2.75) is 39.2 Å². The largest absolute Gasteiger partial charge is 0.326 e. The van der Waals surface area contributed by atoms with Gasteiger partial charge in [-0.25, -0.2) is 4.98 Å². The Morgan fingerprint density at radius 2 is 1.65 bits per heavy atom. The molecule has 0 atom stereocenters. The zero-order valence-corrected chi connectivity index (χ0v) is 19.6. The number of fused-ring (bicyclic) bond motifs is 3. The number of benzene rings is 2. The molecule has 0 saturated heterocycles. The van der Waals surface area contributed by atoms with Gasteiger partial charge in [0.1, 0.15) is 17.2 Å². The number of amides is 2. The molecule has 0 spiro atoms. The molecule has 0 fully saturated rings. The van der Waals surface area contributed by atoms with Gasteiger partial charge in [0, 0.05) is 28.7 Å². The molecule has 5 rings (SSSR count). The van der Waals surface area contributed by atoms with E-state index in [9.17, 15) is 14.4 Å². The number of carbonyl (C=O) groups is 2. The lowest BCUT2D eigenvalue weighted by atomic mass is 9.97. The highest BCUT2D eigenvalue weighted by Crippen LogP contribution is 2.34. The van der Waals surface area contributed by atoms with Crippen LogP contribution >= 0.6 is 11.3 Å². The first-order chi connectivity index (χ1) is 16.5. The van der Waals surface area contributed by atoms with Gasteiger partial charge in [-0.15, -0.1) is 11.3 Å². The molecule has 4 aromatic rings. The number of aromatic nitrogens is 2. The highest BCUT2D eigenvalue weighted by atomic mass is 32.1. The molecule has 7 nitrogen and oxygen atoms in total. The maximum Gasteiger partial charge on any atom is 0.263 e. The summed E-state index contributed by atoms with van der Waals surface area (Å²) in [4.78, 5) is 44.7. The third-order valence-corrected chi connectivity index (χ3v) is 7.08. The fourth-order valence-corrected chi connectivity index (χ4v) is 5.63. The van der Waals surface area contributed by atoms with Crippen molar-refractivity contribution in [1.82, 2.24) is 9.55 Å². The minimum absolute atomic E-state index is 0.149. The molecular formula is C26H24N4O3S. The summed E-state index contributed by atoms with van der Waals surface area (Å²) >= 11 is 1.60. The minimum Gasteiger partial charge on any atom is -0.326 e. The molecule has 1 aliphatic rings. The van der Waals surface area contributed by atoms with Crippen LogP contribution in [0.4, 0.5) is 11.4 Å². The molecule has 8 heteroatoms. The van der Waals surface area contributed by atoms with E-state index in [1.807, 2.05) is 30.3 Å². The van der Waals surface area contributed by atoms with E-state index in [-0.39, 0.29) is 23.9 Å². The van der Waals surface area contributed by atoms with E-state index in [4.69, 9.17) is 4.98 Å². The van der Waals surface area contributed by atoms with Crippen molar-refractivity contribution in [2.75, 3.05) is 10.6 Å². The van der Waals surface area contributed by atoms with Crippen molar-refractivity contribution in [3.05, 3.63) is 75.4 Å². The van der Waals surface area contributed by atoms with Gasteiger partial charge >= 0.3 is 0 Å². The Labute approximate surface area is 200 Å². The molecule has 2 aromatic heterocycles. The number of hydrogen-bond acceptors (Lipinski definition) is 5. The Kier molecular flexibility index (Phi) is 5.98. The molecule has 2 amide bonds. The van der Waals surface area contributed by atoms with Crippen molar-refractivity contribution in [3.63, 3.8) is 0 Å². The molecule has 2 heterocycles. The SMILES string of the molecule is CC(=O)Nc1ccc(NC(=O)Cn2c(-c3ccccc3)nc3sc4c(c3c2=O)CCCC4)cc1. The lowest BCUT2D eigenvalue weighted by Gasteiger charge is -2.14. The Morgan fingerprint density at radius 3 is 2.35 bits per heavy atom. The minimum atomic E-state index is -0.322. The Bertz CT molecular complexity index is 1440. The van der Waals surface area contributed by atoms with Crippen molar-refractivity contribution in [2.24, 2.45) is 0 Å². The lowest BCUT2D eigenvalue weighted by molar-refractivity contribution is -0.117. The molecule has 2 N–H and O–H groups in total. The Balaban J connectivity index is 1.51. The van der Waals surface area contributed by atoms with Crippen LogP contribution in [0.1, 0.15) is 30.2 Å². The number of nitrogens with zero attached hydrogens (tertiary/aromatic N) is 2. The van der Waals surface area contributed by atoms with E-state index < -0.39 is 0 Å². The summed E-state index contributed by atoms with van der Waals surface area (Å²) in [7, 11) is 0. The fraction of sp³-hybridized carbons (Fsp3) is 0.231. The third-order valence-electron chi connectivity index (χ3n) is 5.90. The van der Waals surface area contributed by atoms with Gasteiger partial charge in [-0.1, -0.05) is 30.3 Å². The zero-order chi connectivity index (χ0) is 23.7. The maximum atomic E-state index is 13.7. The Hall–Kier alpha value is -3.78. The number of carbonyl (C=O) groups excluding carboxylic acids is 2. The summed E-state index contributed by atoms with van der Waals surface area (Å²) in [6, 6.07) is 16.3. The fourth-order valence-electron chi connectivity index (χ4n) is 4.38. The lowest BCUT2D eigenvalue weighted by Crippen LogP contribution is -2.30. The van der Waals surface area contributed by atoms with Gasteiger partial charge < -0.3 is 10.6 Å². The number of thiophene rings is 1. The van der Waals surface area contributed by atoms with Crippen LogP contribution in [0.25, 0.3) is 21.6 Å². The van der Waals surface area contributed by atoms with Gasteiger partial charge in [-0.2, -0.15) is 0 Å². The van der Waals surface area contributed by atoms with Crippen LogP contribution in [-0.4, -0.2) is 21.4 Å². The standard InChI is InChI=1S/C26H24N4O3S/c1-16(31)27-18-11-13-19(14-12-18)28-22(32)15-30-24(17-7-3-2-4-8-17)29-25-23(26(30)33)20-9-5-6-10-21(20)34-25/h2-4,7-8,11-14H,5-6,9-10,15H2,1H3,(H,27,31)(H,28,32). The highest BCUT2D eigenvalue weighted by Gasteiger charge is 2.23. The van der Waals surface area contributed by atoms with E-state index >= 15 is 0 Å². The summed E-state index contributed by atoms with van der Waals surface area (Å²) in [6.45, 7) is 1.29. The van der Waals surface area contributed by atoms with E-state index in [0.29, 0.717) is 22.6 Å². The number of hydrogen-bond donors (Lipinski definition) is 2. The van der Waals surface area contributed by atoms with Crippen molar-refractivity contribution in [3.8, 4) is 11.4 Å². The summed E-state index contributed by atoms with van der Waals surface area (Å²) < 4.78 is 1.49. The molecule has 172 valence electrons. The number of rotatable bonds is 5. The molecule has 0 aliphatic heterocycles. The molecule has 1 aliphatic carbocycles. The van der Waals surface area contributed by atoms with Crippen LogP contribution in [0.2, 0.25) is 0 Å². The number of aryl methyl sites for hydroxylation is 2. The van der Waals surface area contributed by atoms with E-state index in [0.717, 1.165) is 41.6 Å². The van der Waals surface area contributed by atoms with E-state index in [2.05, 4.69) is 10.6 Å². The second-order valence-corrected chi connectivity index (χ2v) is 9.47. The molecule has 2 aromatic carbocycles. The molecular weight excluding hydrogens is 448 g/mol. The van der Waals surface area contributed by atoms with Gasteiger partial charge in [-0.05, 0) is 55.5 Å². The Morgan fingerprint density at radius 1 is 0.971 bits per heavy atom. The highest BCUT2D eigenvalue weighted by molar-refractivity contribution is 7.18. The van der Waals surface area contributed by atoms with Gasteiger partial charge in [0.2, 0.25) is 11.8 Å². The smallest absolute Gasteiger partial charge is 0.263 e.